The van der Waals surface area contributed by atoms with E-state index in [-0.39, 0.29) is 11.9 Å². The molecular formula is C14H20BrN5O. The molecule has 0 radical (unpaired) electrons. The number of hydrogen-bond acceptors (Lipinski definition) is 5. The third-order valence-corrected chi connectivity index (χ3v) is 4.82. The van der Waals surface area contributed by atoms with Crippen LogP contribution in [0.2, 0.25) is 0 Å². The molecule has 3 rings (SSSR count). The van der Waals surface area contributed by atoms with Crippen LogP contribution in [-0.4, -0.2) is 41.0 Å². The number of nitrogens with zero attached hydrogens (tertiary/aromatic N) is 2. The number of nitrogen functional groups attached to an aromatic ring is 1. The highest BCUT2D eigenvalue weighted by Crippen LogP contribution is 2.27. The van der Waals surface area contributed by atoms with Crippen molar-refractivity contribution in [1.29, 1.82) is 0 Å². The number of halogens is 1. The number of carbonyl (C=O) groups is 1. The molecule has 2 saturated heterocycles. The quantitative estimate of drug-likeness (QED) is 0.566. The van der Waals surface area contributed by atoms with E-state index in [1.165, 1.54) is 19.4 Å². The zero-order valence-electron chi connectivity index (χ0n) is 11.8. The lowest BCUT2D eigenvalue weighted by molar-refractivity contribution is 0.0896. The average Bonchev–Trinajstić information content (AvgIpc) is 2.94. The predicted octanol–water partition coefficient (Wildman–Crippen LogP) is 1.49. The molecule has 1 aromatic rings. The fourth-order valence-corrected chi connectivity index (χ4v) is 3.68. The number of piperidine rings is 1. The van der Waals surface area contributed by atoms with Gasteiger partial charge < -0.3 is 15.6 Å². The van der Waals surface area contributed by atoms with Crippen molar-refractivity contribution in [3.8, 4) is 0 Å². The molecule has 2 unspecified atom stereocenters. The van der Waals surface area contributed by atoms with E-state index < -0.39 is 0 Å². The maximum atomic E-state index is 12.5. The van der Waals surface area contributed by atoms with Gasteiger partial charge >= 0.3 is 0 Å². The molecule has 2 aliphatic heterocycles. The Morgan fingerprint density at radius 1 is 1.43 bits per heavy atom. The first kappa shape index (κ1) is 14.7. The van der Waals surface area contributed by atoms with Gasteiger partial charge in [0.05, 0.1) is 5.56 Å². The minimum atomic E-state index is -0.117. The van der Waals surface area contributed by atoms with Crippen LogP contribution in [0.4, 0.5) is 5.82 Å². The minimum Gasteiger partial charge on any atom is -0.349 e. The summed E-state index contributed by atoms with van der Waals surface area (Å²) < 4.78 is 0.761. The van der Waals surface area contributed by atoms with Gasteiger partial charge in [-0.05, 0) is 54.2 Å². The van der Waals surface area contributed by atoms with E-state index in [2.05, 4.69) is 36.6 Å². The summed E-state index contributed by atoms with van der Waals surface area (Å²) in [7, 11) is 0. The van der Waals surface area contributed by atoms with Gasteiger partial charge in [0.15, 0.2) is 5.82 Å². The first-order valence-corrected chi connectivity index (χ1v) is 8.13. The third-order valence-electron chi connectivity index (χ3n) is 4.39. The maximum absolute atomic E-state index is 12.5. The normalized spacial score (nSPS) is 25.4. The standard InChI is InChI=1S/C14H20BrN5O/c15-9-6-12(13(19-16)17-8-9)14(21)18-10-3-5-20-4-1-2-11(20)7-10/h6,8,10-11H,1-5,7,16H2,(H,17,19)(H,18,21). The van der Waals surface area contributed by atoms with E-state index in [9.17, 15) is 4.79 Å². The molecule has 7 heteroatoms. The molecule has 0 bridgehead atoms. The van der Waals surface area contributed by atoms with Crippen molar-refractivity contribution in [3.63, 3.8) is 0 Å². The summed E-state index contributed by atoms with van der Waals surface area (Å²) in [6.45, 7) is 2.29. The highest BCUT2D eigenvalue weighted by atomic mass is 79.9. The van der Waals surface area contributed by atoms with Crippen LogP contribution < -0.4 is 16.6 Å². The number of hydrazine groups is 1. The summed E-state index contributed by atoms with van der Waals surface area (Å²) in [5.41, 5.74) is 2.95. The van der Waals surface area contributed by atoms with Crippen LogP contribution >= 0.6 is 15.9 Å². The number of carbonyl (C=O) groups excluding carboxylic acids is 1. The topological polar surface area (TPSA) is 83.3 Å². The molecule has 0 aliphatic carbocycles. The number of aromatic nitrogens is 1. The van der Waals surface area contributed by atoms with Crippen LogP contribution in [0.1, 0.15) is 36.0 Å². The van der Waals surface area contributed by atoms with Crippen molar-refractivity contribution in [2.45, 2.75) is 37.8 Å². The fraction of sp³-hybridized carbons (Fsp3) is 0.571. The monoisotopic (exact) mass is 353 g/mol. The van der Waals surface area contributed by atoms with Crippen molar-refractivity contribution < 1.29 is 4.79 Å². The first-order chi connectivity index (χ1) is 10.2. The van der Waals surface area contributed by atoms with E-state index in [4.69, 9.17) is 5.84 Å². The fourth-order valence-electron chi connectivity index (χ4n) is 3.35. The predicted molar refractivity (Wildman–Crippen MR) is 84.8 cm³/mol. The summed E-state index contributed by atoms with van der Waals surface area (Å²) in [6.07, 6.45) is 6.19. The molecular weight excluding hydrogens is 334 g/mol. The second kappa shape index (κ2) is 6.29. The number of hydrogen-bond donors (Lipinski definition) is 3. The van der Waals surface area contributed by atoms with Crippen molar-refractivity contribution in [2.75, 3.05) is 18.5 Å². The smallest absolute Gasteiger partial charge is 0.255 e. The highest BCUT2D eigenvalue weighted by molar-refractivity contribution is 9.10. The van der Waals surface area contributed by atoms with Crippen molar-refractivity contribution in [3.05, 3.63) is 22.3 Å². The molecule has 4 N–H and O–H groups in total. The Hall–Kier alpha value is -1.18. The largest absolute Gasteiger partial charge is 0.349 e. The summed E-state index contributed by atoms with van der Waals surface area (Å²) in [5, 5.41) is 3.13. The lowest BCUT2D eigenvalue weighted by atomic mass is 9.97. The average molecular weight is 354 g/mol. The van der Waals surface area contributed by atoms with Gasteiger partial charge in [-0.2, -0.15) is 0 Å². The highest BCUT2D eigenvalue weighted by Gasteiger charge is 2.32. The van der Waals surface area contributed by atoms with E-state index >= 15 is 0 Å². The second-order valence-corrected chi connectivity index (χ2v) is 6.64. The Labute approximate surface area is 132 Å². The van der Waals surface area contributed by atoms with Gasteiger partial charge in [0.25, 0.3) is 5.91 Å². The summed E-state index contributed by atoms with van der Waals surface area (Å²) >= 11 is 3.34. The zero-order chi connectivity index (χ0) is 14.8. The van der Waals surface area contributed by atoms with E-state index in [1.807, 2.05) is 0 Å². The lowest BCUT2D eigenvalue weighted by Gasteiger charge is -2.35. The van der Waals surface area contributed by atoms with Crippen LogP contribution in [0, 0.1) is 0 Å². The zero-order valence-corrected chi connectivity index (χ0v) is 13.4. The molecule has 2 atom stereocenters. The van der Waals surface area contributed by atoms with Crippen molar-refractivity contribution >= 4 is 27.7 Å². The Morgan fingerprint density at radius 3 is 3.10 bits per heavy atom. The molecule has 2 aliphatic rings. The van der Waals surface area contributed by atoms with Gasteiger partial charge in [-0.1, -0.05) is 0 Å². The molecule has 1 aromatic heterocycles. The summed E-state index contributed by atoms with van der Waals surface area (Å²) in [5.74, 6) is 5.71. The number of nitrogens with one attached hydrogen (secondary N) is 2. The molecule has 114 valence electrons. The number of nitrogens with two attached hydrogens (primary N) is 1. The molecule has 0 aromatic carbocycles. The Bertz CT molecular complexity index is 538. The Balaban J connectivity index is 1.67. The first-order valence-electron chi connectivity index (χ1n) is 7.34. The number of fused-ring (bicyclic) bond motifs is 1. The molecule has 0 saturated carbocycles. The number of pyridine rings is 1. The molecule has 0 spiro atoms. The molecule has 6 nitrogen and oxygen atoms in total. The van der Waals surface area contributed by atoms with Crippen LogP contribution in [0.3, 0.4) is 0 Å². The van der Waals surface area contributed by atoms with Crippen molar-refractivity contribution in [2.24, 2.45) is 5.84 Å². The second-order valence-electron chi connectivity index (χ2n) is 5.72. The van der Waals surface area contributed by atoms with Gasteiger partial charge in [0.2, 0.25) is 0 Å². The Morgan fingerprint density at radius 2 is 2.29 bits per heavy atom. The summed E-state index contributed by atoms with van der Waals surface area (Å²) in [4.78, 5) is 19.1. The van der Waals surface area contributed by atoms with E-state index in [0.717, 1.165) is 23.9 Å². The minimum absolute atomic E-state index is 0.117. The van der Waals surface area contributed by atoms with Gasteiger partial charge in [-0.15, -0.1) is 0 Å². The van der Waals surface area contributed by atoms with E-state index in [0.29, 0.717) is 17.4 Å². The van der Waals surface area contributed by atoms with Gasteiger partial charge in [-0.25, -0.2) is 10.8 Å². The number of anilines is 1. The molecule has 21 heavy (non-hydrogen) atoms. The third kappa shape index (κ3) is 3.20. The number of amides is 1. The van der Waals surface area contributed by atoms with E-state index in [1.54, 1.807) is 12.3 Å². The maximum Gasteiger partial charge on any atom is 0.255 e. The van der Waals surface area contributed by atoms with Crippen LogP contribution in [0.25, 0.3) is 0 Å². The van der Waals surface area contributed by atoms with Crippen LogP contribution in [-0.2, 0) is 0 Å². The van der Waals surface area contributed by atoms with Crippen LogP contribution in [0.5, 0.6) is 0 Å². The van der Waals surface area contributed by atoms with Crippen molar-refractivity contribution in [1.82, 2.24) is 15.2 Å². The lowest BCUT2D eigenvalue weighted by Crippen LogP contribution is -2.47. The van der Waals surface area contributed by atoms with Crippen LogP contribution in [0.15, 0.2) is 16.7 Å². The number of rotatable bonds is 3. The SMILES string of the molecule is NNc1ncc(Br)cc1C(=O)NC1CCN2CCCC2C1. The van der Waals surface area contributed by atoms with Gasteiger partial charge in [0.1, 0.15) is 0 Å². The molecule has 2 fully saturated rings. The summed E-state index contributed by atoms with van der Waals surface area (Å²) in [6, 6.07) is 2.61. The Kier molecular flexibility index (Phi) is 4.42. The van der Waals surface area contributed by atoms with Gasteiger partial charge in [0, 0.05) is 29.3 Å². The van der Waals surface area contributed by atoms with Gasteiger partial charge in [-0.3, -0.25) is 4.79 Å². The molecule has 3 heterocycles. The molecule has 1 amide bonds.